The van der Waals surface area contributed by atoms with Gasteiger partial charge in [0.1, 0.15) is 11.2 Å². The maximum absolute atomic E-state index is 6.34. The van der Waals surface area contributed by atoms with Crippen molar-refractivity contribution < 1.29 is 4.42 Å². The fourth-order valence-corrected chi connectivity index (χ4v) is 4.07. The smallest absolute Gasteiger partial charge is 0.159 e. The summed E-state index contributed by atoms with van der Waals surface area (Å²) in [4.78, 5) is 9.20. The van der Waals surface area contributed by atoms with Crippen LogP contribution < -0.4 is 9.80 Å². The Kier molecular flexibility index (Phi) is 2.94. The molecule has 0 radical (unpaired) electrons. The maximum Gasteiger partial charge on any atom is 0.159 e. The highest BCUT2D eigenvalue weighted by Gasteiger charge is 2.43. The molecule has 0 N–H and O–H groups in total. The van der Waals surface area contributed by atoms with Crippen molar-refractivity contribution in [2.24, 2.45) is 0 Å². The topological polar surface area (TPSA) is 32.5 Å². The fourth-order valence-electron chi connectivity index (χ4n) is 4.07. The predicted octanol–water partition coefficient (Wildman–Crippen LogP) is 5.61. The van der Waals surface area contributed by atoms with Gasteiger partial charge in [-0.3, -0.25) is 0 Å². The number of hydrogen-bond donors (Lipinski definition) is 0. The summed E-state index contributed by atoms with van der Waals surface area (Å²) in [6.45, 7) is 6.58. The molecule has 5 rings (SSSR count). The highest BCUT2D eigenvalue weighted by atomic mass is 16.3. The Morgan fingerprint density at radius 3 is 2.62 bits per heavy atom. The van der Waals surface area contributed by atoms with E-state index in [1.165, 1.54) is 5.56 Å². The van der Waals surface area contributed by atoms with Gasteiger partial charge in [-0.2, -0.15) is 0 Å². The second kappa shape index (κ2) is 5.01. The molecular formula is C22H21N3O. The number of hydrogen-bond acceptors (Lipinski definition) is 4. The van der Waals surface area contributed by atoms with Gasteiger partial charge in [-0.1, -0.05) is 30.3 Å². The van der Waals surface area contributed by atoms with E-state index in [0.717, 1.165) is 39.1 Å². The summed E-state index contributed by atoms with van der Waals surface area (Å²) in [5.41, 5.74) is 5.01. The van der Waals surface area contributed by atoms with Crippen LogP contribution in [0, 0.1) is 6.92 Å². The van der Waals surface area contributed by atoms with Gasteiger partial charge in [-0.25, -0.2) is 4.98 Å². The zero-order valence-electron chi connectivity index (χ0n) is 15.4. The molecule has 0 aliphatic carbocycles. The van der Waals surface area contributed by atoms with Crippen LogP contribution in [0.15, 0.2) is 59.1 Å². The molecule has 3 heterocycles. The van der Waals surface area contributed by atoms with Gasteiger partial charge < -0.3 is 14.2 Å². The summed E-state index contributed by atoms with van der Waals surface area (Å²) >= 11 is 0. The Morgan fingerprint density at radius 2 is 1.77 bits per heavy atom. The molecule has 130 valence electrons. The SMILES string of the molecule is Cc1ccc2c(oc3ccccc32)c1N1c2cccnc2N(C)C1(C)C. The number of nitrogens with zero attached hydrogens (tertiary/aromatic N) is 3. The van der Waals surface area contributed by atoms with Crippen LogP contribution in [-0.4, -0.2) is 17.7 Å². The third-order valence-electron chi connectivity index (χ3n) is 5.64. The predicted molar refractivity (Wildman–Crippen MR) is 107 cm³/mol. The summed E-state index contributed by atoms with van der Waals surface area (Å²) in [5, 5.41) is 2.30. The third kappa shape index (κ3) is 1.81. The van der Waals surface area contributed by atoms with Crippen LogP contribution in [-0.2, 0) is 0 Å². The van der Waals surface area contributed by atoms with E-state index >= 15 is 0 Å². The number of aryl methyl sites for hydroxylation is 1. The van der Waals surface area contributed by atoms with Crippen molar-refractivity contribution in [3.63, 3.8) is 0 Å². The number of aromatic nitrogens is 1. The van der Waals surface area contributed by atoms with Crippen LogP contribution in [0.2, 0.25) is 0 Å². The average Bonchev–Trinajstić information content (AvgIpc) is 3.10. The van der Waals surface area contributed by atoms with Crippen molar-refractivity contribution in [2.75, 3.05) is 16.8 Å². The molecule has 0 bridgehead atoms. The van der Waals surface area contributed by atoms with Gasteiger partial charge in [-0.05, 0) is 44.5 Å². The van der Waals surface area contributed by atoms with Gasteiger partial charge in [-0.15, -0.1) is 0 Å². The zero-order valence-corrected chi connectivity index (χ0v) is 15.4. The highest BCUT2D eigenvalue weighted by molar-refractivity contribution is 6.10. The number of fused-ring (bicyclic) bond motifs is 4. The highest BCUT2D eigenvalue weighted by Crippen LogP contribution is 2.50. The molecule has 0 unspecified atom stereocenters. The van der Waals surface area contributed by atoms with Crippen LogP contribution >= 0.6 is 0 Å². The molecular weight excluding hydrogens is 322 g/mol. The van der Waals surface area contributed by atoms with E-state index in [1.807, 2.05) is 24.4 Å². The second-order valence-corrected chi connectivity index (χ2v) is 7.44. The molecule has 0 saturated carbocycles. The number of para-hydroxylation sites is 1. The van der Waals surface area contributed by atoms with E-state index in [4.69, 9.17) is 4.42 Å². The van der Waals surface area contributed by atoms with Crippen molar-refractivity contribution in [1.29, 1.82) is 0 Å². The van der Waals surface area contributed by atoms with Gasteiger partial charge in [0.05, 0.1) is 11.4 Å². The molecule has 0 amide bonds. The van der Waals surface area contributed by atoms with Gasteiger partial charge >= 0.3 is 0 Å². The Balaban J connectivity index is 1.88. The quantitative estimate of drug-likeness (QED) is 0.449. The normalized spacial score (nSPS) is 15.8. The number of furan rings is 1. The van der Waals surface area contributed by atoms with E-state index in [-0.39, 0.29) is 5.66 Å². The van der Waals surface area contributed by atoms with Gasteiger partial charge in [0.15, 0.2) is 11.4 Å². The van der Waals surface area contributed by atoms with Crippen LogP contribution in [0.4, 0.5) is 17.2 Å². The first kappa shape index (κ1) is 15.3. The minimum absolute atomic E-state index is 0.255. The summed E-state index contributed by atoms with van der Waals surface area (Å²) in [5.74, 6) is 0.991. The molecule has 0 atom stereocenters. The Labute approximate surface area is 152 Å². The summed E-state index contributed by atoms with van der Waals surface area (Å²) in [6.07, 6.45) is 1.85. The summed E-state index contributed by atoms with van der Waals surface area (Å²) in [6, 6.07) is 16.7. The van der Waals surface area contributed by atoms with E-state index in [0.29, 0.717) is 0 Å². The van der Waals surface area contributed by atoms with Crippen molar-refractivity contribution in [1.82, 2.24) is 4.98 Å². The first-order chi connectivity index (χ1) is 12.5. The van der Waals surface area contributed by atoms with E-state index in [1.54, 1.807) is 0 Å². The zero-order chi connectivity index (χ0) is 18.1. The van der Waals surface area contributed by atoms with Crippen molar-refractivity contribution >= 4 is 39.1 Å². The van der Waals surface area contributed by atoms with Crippen molar-refractivity contribution in [3.8, 4) is 0 Å². The fraction of sp³-hybridized carbons (Fsp3) is 0.227. The molecule has 4 aromatic rings. The van der Waals surface area contributed by atoms with Gasteiger partial charge in [0.25, 0.3) is 0 Å². The lowest BCUT2D eigenvalue weighted by molar-refractivity contribution is 0.517. The first-order valence-corrected chi connectivity index (χ1v) is 8.90. The number of pyridine rings is 1. The van der Waals surface area contributed by atoms with E-state index in [2.05, 4.69) is 72.9 Å². The summed E-state index contributed by atoms with van der Waals surface area (Å²) in [7, 11) is 2.10. The molecule has 2 aromatic carbocycles. The second-order valence-electron chi connectivity index (χ2n) is 7.44. The number of anilines is 3. The largest absolute Gasteiger partial charge is 0.454 e. The molecule has 26 heavy (non-hydrogen) atoms. The molecule has 0 saturated heterocycles. The Hall–Kier alpha value is -3.01. The van der Waals surface area contributed by atoms with Crippen LogP contribution in [0.1, 0.15) is 19.4 Å². The Bertz CT molecular complexity index is 1160. The molecule has 0 spiro atoms. The molecule has 0 fully saturated rings. The minimum atomic E-state index is -0.255. The third-order valence-corrected chi connectivity index (χ3v) is 5.64. The molecule has 1 aliphatic rings. The molecule has 4 heteroatoms. The van der Waals surface area contributed by atoms with E-state index in [9.17, 15) is 0 Å². The molecule has 1 aliphatic heterocycles. The monoisotopic (exact) mass is 343 g/mol. The van der Waals surface area contributed by atoms with Crippen molar-refractivity contribution in [2.45, 2.75) is 26.4 Å². The lowest BCUT2D eigenvalue weighted by Crippen LogP contribution is -2.49. The van der Waals surface area contributed by atoms with E-state index < -0.39 is 0 Å². The van der Waals surface area contributed by atoms with Crippen molar-refractivity contribution in [3.05, 3.63) is 60.3 Å². The van der Waals surface area contributed by atoms with Gasteiger partial charge in [0.2, 0.25) is 0 Å². The lowest BCUT2D eigenvalue weighted by atomic mass is 10.0. The standard InChI is InChI=1S/C22H21N3O/c1-14-11-12-16-15-8-5-6-10-18(15)26-20(16)19(14)25-17-9-7-13-23-21(17)24(4)22(25,2)3/h5-13H,1-4H3. The number of rotatable bonds is 1. The number of benzene rings is 2. The summed E-state index contributed by atoms with van der Waals surface area (Å²) < 4.78 is 6.34. The minimum Gasteiger partial charge on any atom is -0.454 e. The maximum atomic E-state index is 6.34. The van der Waals surface area contributed by atoms with Gasteiger partial charge in [0, 0.05) is 24.0 Å². The Morgan fingerprint density at radius 1 is 0.962 bits per heavy atom. The van der Waals surface area contributed by atoms with Crippen LogP contribution in [0.25, 0.3) is 21.9 Å². The van der Waals surface area contributed by atoms with Crippen LogP contribution in [0.3, 0.4) is 0 Å². The average molecular weight is 343 g/mol. The first-order valence-electron chi connectivity index (χ1n) is 8.90. The molecule has 4 nitrogen and oxygen atoms in total. The van der Waals surface area contributed by atoms with Crippen LogP contribution in [0.5, 0.6) is 0 Å². The molecule has 2 aromatic heterocycles. The lowest BCUT2D eigenvalue weighted by Gasteiger charge is -2.38.